The van der Waals surface area contributed by atoms with Crippen LogP contribution < -0.4 is 4.90 Å². The van der Waals surface area contributed by atoms with Crippen LogP contribution in [0.15, 0.2) is 267 Å². The van der Waals surface area contributed by atoms with E-state index in [1.165, 1.54) is 77.1 Å². The number of rotatable bonds is 9. The summed E-state index contributed by atoms with van der Waals surface area (Å²) in [5.41, 5.74) is 18.6. The van der Waals surface area contributed by atoms with Crippen LogP contribution in [0, 0.1) is 0 Å². The molecule has 1 aromatic heterocycles. The van der Waals surface area contributed by atoms with Gasteiger partial charge in [0.1, 0.15) is 0 Å². The van der Waals surface area contributed by atoms with E-state index in [1.54, 1.807) is 0 Å². The summed E-state index contributed by atoms with van der Waals surface area (Å²) >= 11 is 0. The largest absolute Gasteiger partial charge is 0.310 e. The van der Waals surface area contributed by atoms with Crippen molar-refractivity contribution >= 4 is 49.6 Å². The standard InChI is InChI=1S/C64H44N2/c1-4-19-45(20-5-1)49-25-18-26-51(43-49)65(50-37-35-48(36-38-50)54-42-41-53(46-21-6-2-7-22-46)55-27-10-11-28-56(54)55)52-39-40-57(61(44-52)47-23-8-3-9-24-47)58-29-12-15-32-62(58)66-63-33-16-13-30-59(63)60-31-14-17-34-64(60)66/h1-44H. The lowest BCUT2D eigenvalue weighted by molar-refractivity contribution is 1.18. The third-order valence-corrected chi connectivity index (χ3v) is 13.0. The molecule has 0 fully saturated rings. The fourth-order valence-electron chi connectivity index (χ4n) is 9.95. The van der Waals surface area contributed by atoms with Gasteiger partial charge in [0.2, 0.25) is 0 Å². The SMILES string of the molecule is c1ccc(-c2cccc(N(c3ccc(-c4ccc(-c5ccccc5)c5ccccc45)cc3)c3ccc(-c4ccccc4-n4c5ccccc5c5ccccc54)c(-c4ccccc4)c3)c2)cc1. The van der Waals surface area contributed by atoms with E-state index in [9.17, 15) is 0 Å². The minimum atomic E-state index is 1.07. The van der Waals surface area contributed by atoms with E-state index in [2.05, 4.69) is 276 Å². The highest BCUT2D eigenvalue weighted by molar-refractivity contribution is 6.10. The monoisotopic (exact) mass is 840 g/mol. The Morgan fingerprint density at radius 1 is 0.227 bits per heavy atom. The number of para-hydroxylation sites is 3. The molecular formula is C64H44N2. The highest BCUT2D eigenvalue weighted by Crippen LogP contribution is 2.45. The molecule has 1 heterocycles. The second-order valence-corrected chi connectivity index (χ2v) is 16.9. The predicted molar refractivity (Wildman–Crippen MR) is 280 cm³/mol. The van der Waals surface area contributed by atoms with Crippen molar-refractivity contribution in [1.82, 2.24) is 4.57 Å². The van der Waals surface area contributed by atoms with Crippen molar-refractivity contribution < 1.29 is 0 Å². The average Bonchev–Trinajstić information content (AvgIpc) is 3.74. The Kier molecular flexibility index (Phi) is 9.89. The van der Waals surface area contributed by atoms with Gasteiger partial charge in [0.05, 0.1) is 16.7 Å². The van der Waals surface area contributed by atoms with Crippen LogP contribution in [-0.2, 0) is 0 Å². The summed E-state index contributed by atoms with van der Waals surface area (Å²) in [6, 6.07) is 96.9. The van der Waals surface area contributed by atoms with Gasteiger partial charge in [0, 0.05) is 33.4 Å². The van der Waals surface area contributed by atoms with Gasteiger partial charge in [0.25, 0.3) is 0 Å². The molecule has 2 nitrogen and oxygen atoms in total. The van der Waals surface area contributed by atoms with Gasteiger partial charge < -0.3 is 9.47 Å². The number of anilines is 3. The fourth-order valence-corrected chi connectivity index (χ4v) is 9.95. The van der Waals surface area contributed by atoms with Crippen molar-refractivity contribution in [1.29, 1.82) is 0 Å². The van der Waals surface area contributed by atoms with Gasteiger partial charge in [-0.2, -0.15) is 0 Å². The third kappa shape index (κ3) is 6.93. The normalized spacial score (nSPS) is 11.3. The first-order valence-corrected chi connectivity index (χ1v) is 22.7. The molecule has 0 radical (unpaired) electrons. The van der Waals surface area contributed by atoms with Crippen LogP contribution >= 0.6 is 0 Å². The predicted octanol–water partition coefficient (Wildman–Crippen LogP) is 17.7. The molecule has 0 atom stereocenters. The smallest absolute Gasteiger partial charge is 0.0541 e. The van der Waals surface area contributed by atoms with Gasteiger partial charge >= 0.3 is 0 Å². The van der Waals surface area contributed by atoms with Crippen LogP contribution in [0.3, 0.4) is 0 Å². The van der Waals surface area contributed by atoms with E-state index < -0.39 is 0 Å². The molecule has 12 aromatic rings. The zero-order valence-electron chi connectivity index (χ0n) is 36.3. The molecule has 0 spiro atoms. The first-order valence-electron chi connectivity index (χ1n) is 22.7. The second-order valence-electron chi connectivity index (χ2n) is 16.9. The summed E-state index contributed by atoms with van der Waals surface area (Å²) in [5, 5.41) is 4.98. The zero-order valence-corrected chi connectivity index (χ0v) is 36.3. The summed E-state index contributed by atoms with van der Waals surface area (Å²) in [4.78, 5) is 2.40. The quantitative estimate of drug-likeness (QED) is 0.141. The van der Waals surface area contributed by atoms with Crippen molar-refractivity contribution in [3.63, 3.8) is 0 Å². The molecule has 11 aromatic carbocycles. The fraction of sp³-hybridized carbons (Fsp3) is 0. The molecule has 0 unspecified atom stereocenters. The summed E-state index contributed by atoms with van der Waals surface area (Å²) in [5.74, 6) is 0. The van der Waals surface area contributed by atoms with Gasteiger partial charge in [-0.25, -0.2) is 0 Å². The van der Waals surface area contributed by atoms with Crippen LogP contribution in [0.1, 0.15) is 0 Å². The molecule has 0 saturated carbocycles. The Bertz CT molecular complexity index is 3630. The van der Waals surface area contributed by atoms with Gasteiger partial charge in [-0.15, -0.1) is 0 Å². The van der Waals surface area contributed by atoms with E-state index in [0.29, 0.717) is 0 Å². The average molecular weight is 841 g/mol. The minimum absolute atomic E-state index is 1.07. The third-order valence-electron chi connectivity index (χ3n) is 13.0. The van der Waals surface area contributed by atoms with E-state index in [-0.39, 0.29) is 0 Å². The Hall–Kier alpha value is -8.72. The molecular weight excluding hydrogens is 797 g/mol. The molecule has 0 bridgehead atoms. The summed E-state index contributed by atoms with van der Waals surface area (Å²) in [6.07, 6.45) is 0. The van der Waals surface area contributed by atoms with Crippen molar-refractivity contribution in [2.45, 2.75) is 0 Å². The Labute approximate surface area is 385 Å². The highest BCUT2D eigenvalue weighted by atomic mass is 15.1. The van der Waals surface area contributed by atoms with E-state index in [4.69, 9.17) is 0 Å². The molecule has 0 aliphatic carbocycles. The topological polar surface area (TPSA) is 8.17 Å². The summed E-state index contributed by atoms with van der Waals surface area (Å²) in [6.45, 7) is 0. The second kappa shape index (κ2) is 16.8. The number of fused-ring (bicyclic) bond motifs is 4. The molecule has 0 aliphatic rings. The molecule has 0 saturated heterocycles. The van der Waals surface area contributed by atoms with Gasteiger partial charge in [-0.1, -0.05) is 212 Å². The summed E-state index contributed by atoms with van der Waals surface area (Å²) < 4.78 is 2.43. The number of benzene rings is 11. The maximum Gasteiger partial charge on any atom is 0.0541 e. The van der Waals surface area contributed by atoms with Gasteiger partial charge in [-0.3, -0.25) is 0 Å². The zero-order chi connectivity index (χ0) is 43.8. The van der Waals surface area contributed by atoms with Crippen molar-refractivity contribution in [2.24, 2.45) is 0 Å². The minimum Gasteiger partial charge on any atom is -0.310 e. The maximum atomic E-state index is 2.43. The van der Waals surface area contributed by atoms with Crippen molar-refractivity contribution in [2.75, 3.05) is 4.90 Å². The molecule has 0 aliphatic heterocycles. The van der Waals surface area contributed by atoms with Crippen LogP contribution in [0.4, 0.5) is 17.1 Å². The molecule has 12 rings (SSSR count). The number of hydrogen-bond acceptors (Lipinski definition) is 1. The Balaban J connectivity index is 1.03. The van der Waals surface area contributed by atoms with Gasteiger partial charge in [-0.05, 0) is 115 Å². The number of hydrogen-bond donors (Lipinski definition) is 0. The van der Waals surface area contributed by atoms with Crippen molar-refractivity contribution in [3.8, 4) is 61.3 Å². The Morgan fingerprint density at radius 2 is 0.667 bits per heavy atom. The van der Waals surface area contributed by atoms with E-state index in [1.807, 2.05) is 0 Å². The van der Waals surface area contributed by atoms with E-state index >= 15 is 0 Å². The maximum absolute atomic E-state index is 2.43. The lowest BCUT2D eigenvalue weighted by atomic mass is 9.91. The van der Waals surface area contributed by atoms with E-state index in [0.717, 1.165) is 33.9 Å². The highest BCUT2D eigenvalue weighted by Gasteiger charge is 2.21. The van der Waals surface area contributed by atoms with Crippen LogP contribution in [0.2, 0.25) is 0 Å². The molecule has 0 amide bonds. The molecule has 2 heteroatoms. The lowest BCUT2D eigenvalue weighted by Gasteiger charge is -2.28. The van der Waals surface area contributed by atoms with Crippen molar-refractivity contribution in [3.05, 3.63) is 267 Å². The lowest BCUT2D eigenvalue weighted by Crippen LogP contribution is -2.10. The first-order chi connectivity index (χ1) is 32.8. The Morgan fingerprint density at radius 3 is 1.29 bits per heavy atom. The number of aromatic nitrogens is 1. The summed E-state index contributed by atoms with van der Waals surface area (Å²) in [7, 11) is 0. The number of nitrogens with zero attached hydrogens (tertiary/aromatic N) is 2. The molecule has 310 valence electrons. The van der Waals surface area contributed by atoms with Crippen LogP contribution in [0.25, 0.3) is 93.9 Å². The van der Waals surface area contributed by atoms with Gasteiger partial charge in [0.15, 0.2) is 0 Å². The van der Waals surface area contributed by atoms with Crippen LogP contribution in [0.5, 0.6) is 0 Å². The molecule has 66 heavy (non-hydrogen) atoms. The first kappa shape index (κ1) is 38.9. The van der Waals surface area contributed by atoms with Crippen LogP contribution in [-0.4, -0.2) is 4.57 Å². The molecule has 0 N–H and O–H groups in total.